The third-order valence-electron chi connectivity index (χ3n) is 3.32. The van der Waals surface area contributed by atoms with E-state index in [-0.39, 0.29) is 12.1 Å². The molecule has 0 aliphatic carbocycles. The zero-order valence-electron chi connectivity index (χ0n) is 11.8. The van der Waals surface area contributed by atoms with Crippen molar-refractivity contribution >= 4 is 16.9 Å². The molecule has 0 fully saturated rings. The molecule has 1 N–H and O–H groups in total. The summed E-state index contributed by atoms with van der Waals surface area (Å²) in [7, 11) is 0. The maximum absolute atomic E-state index is 13.1. The average Bonchev–Trinajstić information content (AvgIpc) is 2.55. The molecule has 0 atom stereocenters. The molecular weight excluding hydrogens is 304 g/mol. The highest BCUT2D eigenvalue weighted by Crippen LogP contribution is 2.13. The van der Waals surface area contributed by atoms with Gasteiger partial charge in [0.25, 0.3) is 5.91 Å². The van der Waals surface area contributed by atoms with Crippen LogP contribution in [0.5, 0.6) is 0 Å². The molecule has 0 bridgehead atoms. The first-order chi connectivity index (χ1) is 11.0. The number of halogens is 2. The molecule has 1 amide bonds. The van der Waals surface area contributed by atoms with Crippen LogP contribution in [0.2, 0.25) is 0 Å². The summed E-state index contributed by atoms with van der Waals surface area (Å²) in [5.41, 5.74) is -0.144. The van der Waals surface area contributed by atoms with Crippen LogP contribution in [-0.2, 0) is 6.54 Å². The van der Waals surface area contributed by atoms with Gasteiger partial charge in [-0.25, -0.2) is 13.6 Å². The third kappa shape index (κ3) is 3.11. The number of rotatable bonds is 3. The first kappa shape index (κ1) is 14.9. The highest BCUT2D eigenvalue weighted by Gasteiger charge is 2.13. The van der Waals surface area contributed by atoms with E-state index in [0.29, 0.717) is 16.5 Å². The summed E-state index contributed by atoms with van der Waals surface area (Å²) in [6.45, 7) is -0.0394. The minimum atomic E-state index is -0.998. The Morgan fingerprint density at radius 2 is 1.83 bits per heavy atom. The summed E-state index contributed by atoms with van der Waals surface area (Å²) < 4.78 is 31.0. The predicted octanol–water partition coefficient (Wildman–Crippen LogP) is 3.00. The van der Waals surface area contributed by atoms with Crippen LogP contribution in [-0.4, -0.2) is 5.91 Å². The fourth-order valence-corrected chi connectivity index (χ4v) is 2.15. The van der Waals surface area contributed by atoms with E-state index in [1.54, 1.807) is 24.3 Å². The summed E-state index contributed by atoms with van der Waals surface area (Å²) in [4.78, 5) is 23.9. The van der Waals surface area contributed by atoms with E-state index in [4.69, 9.17) is 4.42 Å². The highest BCUT2D eigenvalue weighted by molar-refractivity contribution is 5.96. The van der Waals surface area contributed by atoms with Crippen molar-refractivity contribution in [3.63, 3.8) is 0 Å². The van der Waals surface area contributed by atoms with Crippen LogP contribution in [0.3, 0.4) is 0 Å². The Kier molecular flexibility index (Phi) is 3.89. The molecule has 116 valence electrons. The van der Waals surface area contributed by atoms with Gasteiger partial charge in [0.15, 0.2) is 11.6 Å². The van der Waals surface area contributed by atoms with E-state index >= 15 is 0 Å². The maximum atomic E-state index is 13.1. The van der Waals surface area contributed by atoms with Crippen LogP contribution in [0.1, 0.15) is 15.9 Å². The monoisotopic (exact) mass is 315 g/mol. The van der Waals surface area contributed by atoms with Crippen molar-refractivity contribution in [3.05, 3.63) is 81.7 Å². The van der Waals surface area contributed by atoms with Gasteiger partial charge in [-0.15, -0.1) is 0 Å². The number of hydrogen-bond acceptors (Lipinski definition) is 3. The molecule has 1 heterocycles. The van der Waals surface area contributed by atoms with Gasteiger partial charge in [0.1, 0.15) is 11.1 Å². The first-order valence-corrected chi connectivity index (χ1v) is 6.79. The largest absolute Gasteiger partial charge is 0.422 e. The van der Waals surface area contributed by atoms with Crippen molar-refractivity contribution in [2.24, 2.45) is 0 Å². The Hall–Kier alpha value is -3.02. The molecule has 0 radical (unpaired) electrons. The second kappa shape index (κ2) is 6.00. The fourth-order valence-electron chi connectivity index (χ4n) is 2.15. The molecule has 0 unspecified atom stereocenters. The van der Waals surface area contributed by atoms with E-state index in [0.717, 1.165) is 12.1 Å². The molecule has 0 aliphatic rings. The Balaban J connectivity index is 1.81. The van der Waals surface area contributed by atoms with E-state index < -0.39 is 23.2 Å². The number of fused-ring (bicyclic) bond motifs is 1. The summed E-state index contributed by atoms with van der Waals surface area (Å²) in [6.07, 6.45) is 0. The number of hydrogen-bond donors (Lipinski definition) is 1. The lowest BCUT2D eigenvalue weighted by molar-refractivity contribution is 0.0947. The molecule has 6 heteroatoms. The first-order valence-electron chi connectivity index (χ1n) is 6.79. The smallest absolute Gasteiger partial charge is 0.349 e. The SMILES string of the molecule is O=C(NCc1ccc(F)c(F)c1)c1cc2ccccc2oc1=O. The number of para-hydroxylation sites is 1. The molecule has 23 heavy (non-hydrogen) atoms. The molecule has 3 aromatic rings. The Bertz CT molecular complexity index is 950. The number of carbonyl (C=O) groups is 1. The predicted molar refractivity (Wildman–Crippen MR) is 80.0 cm³/mol. The van der Waals surface area contributed by atoms with Crippen LogP contribution in [0, 0.1) is 11.6 Å². The van der Waals surface area contributed by atoms with Crippen LogP contribution >= 0.6 is 0 Å². The van der Waals surface area contributed by atoms with Crippen LogP contribution < -0.4 is 10.9 Å². The molecule has 4 nitrogen and oxygen atoms in total. The van der Waals surface area contributed by atoms with Gasteiger partial charge in [-0.3, -0.25) is 4.79 Å². The number of benzene rings is 2. The van der Waals surface area contributed by atoms with Gasteiger partial charge in [-0.05, 0) is 29.8 Å². The maximum Gasteiger partial charge on any atom is 0.349 e. The van der Waals surface area contributed by atoms with Gasteiger partial charge in [0.2, 0.25) is 0 Å². The van der Waals surface area contributed by atoms with Gasteiger partial charge in [0, 0.05) is 11.9 Å². The van der Waals surface area contributed by atoms with Crippen LogP contribution in [0.15, 0.2) is 57.7 Å². The lowest BCUT2D eigenvalue weighted by Crippen LogP contribution is -2.27. The molecule has 0 spiro atoms. The topological polar surface area (TPSA) is 59.3 Å². The van der Waals surface area contributed by atoms with Crippen molar-refractivity contribution in [1.29, 1.82) is 0 Å². The van der Waals surface area contributed by atoms with Crippen molar-refractivity contribution < 1.29 is 18.0 Å². The van der Waals surface area contributed by atoms with Gasteiger partial charge >= 0.3 is 5.63 Å². The molecule has 0 saturated heterocycles. The number of amides is 1. The second-order valence-electron chi connectivity index (χ2n) is 4.92. The Labute approximate surface area is 129 Å². The lowest BCUT2D eigenvalue weighted by Gasteiger charge is -2.06. The molecule has 0 saturated carbocycles. The van der Waals surface area contributed by atoms with Crippen molar-refractivity contribution in [2.45, 2.75) is 6.54 Å². The fraction of sp³-hybridized carbons (Fsp3) is 0.0588. The minimum Gasteiger partial charge on any atom is -0.422 e. The standard InChI is InChI=1S/C17H11F2NO3/c18-13-6-5-10(7-14(13)19)9-20-16(21)12-8-11-3-1-2-4-15(11)23-17(12)22/h1-8H,9H2,(H,20,21). The van der Waals surface area contributed by atoms with Gasteiger partial charge < -0.3 is 9.73 Å². The van der Waals surface area contributed by atoms with Crippen LogP contribution in [0.4, 0.5) is 8.78 Å². The van der Waals surface area contributed by atoms with Crippen molar-refractivity contribution in [1.82, 2.24) is 5.32 Å². The summed E-state index contributed by atoms with van der Waals surface area (Å²) in [5.74, 6) is -2.61. The van der Waals surface area contributed by atoms with Gasteiger partial charge in [-0.1, -0.05) is 24.3 Å². The summed E-state index contributed by atoms with van der Waals surface area (Å²) in [6, 6.07) is 11.5. The van der Waals surface area contributed by atoms with Gasteiger partial charge in [0.05, 0.1) is 0 Å². The summed E-state index contributed by atoms with van der Waals surface area (Å²) in [5, 5.41) is 3.10. The quantitative estimate of drug-likeness (QED) is 0.756. The zero-order valence-corrected chi connectivity index (χ0v) is 11.8. The molecule has 3 rings (SSSR count). The lowest BCUT2D eigenvalue weighted by atomic mass is 10.1. The second-order valence-corrected chi connectivity index (χ2v) is 4.92. The minimum absolute atomic E-state index is 0.0394. The average molecular weight is 315 g/mol. The molecular formula is C17H11F2NO3. The van der Waals surface area contributed by atoms with Crippen molar-refractivity contribution in [3.8, 4) is 0 Å². The number of carbonyl (C=O) groups excluding carboxylic acids is 1. The van der Waals surface area contributed by atoms with E-state index in [2.05, 4.69) is 5.32 Å². The molecule has 1 aromatic heterocycles. The van der Waals surface area contributed by atoms with Crippen molar-refractivity contribution in [2.75, 3.05) is 0 Å². The molecule has 0 aliphatic heterocycles. The normalized spacial score (nSPS) is 10.7. The van der Waals surface area contributed by atoms with E-state index in [9.17, 15) is 18.4 Å². The highest BCUT2D eigenvalue weighted by atomic mass is 19.2. The number of nitrogens with one attached hydrogen (secondary N) is 1. The van der Waals surface area contributed by atoms with E-state index in [1.807, 2.05) is 0 Å². The summed E-state index contributed by atoms with van der Waals surface area (Å²) >= 11 is 0. The Morgan fingerprint density at radius 1 is 1.04 bits per heavy atom. The van der Waals surface area contributed by atoms with Gasteiger partial charge in [-0.2, -0.15) is 0 Å². The third-order valence-corrected chi connectivity index (χ3v) is 3.32. The zero-order chi connectivity index (χ0) is 16.4. The molecule has 2 aromatic carbocycles. The van der Waals surface area contributed by atoms with Crippen LogP contribution in [0.25, 0.3) is 11.0 Å². The van der Waals surface area contributed by atoms with E-state index in [1.165, 1.54) is 12.1 Å². The Morgan fingerprint density at radius 3 is 2.61 bits per heavy atom.